The van der Waals surface area contributed by atoms with E-state index in [9.17, 15) is 13.2 Å². The van der Waals surface area contributed by atoms with E-state index >= 15 is 0 Å². The van der Waals surface area contributed by atoms with Gasteiger partial charge >= 0.3 is 0 Å². The molecule has 0 bridgehead atoms. The molecule has 1 fully saturated rings. The maximum atomic E-state index is 13.3. The third-order valence-electron chi connectivity index (χ3n) is 5.00. The molecule has 1 aromatic carbocycles. The first kappa shape index (κ1) is 19.0. The fourth-order valence-electron chi connectivity index (χ4n) is 3.30. The van der Waals surface area contributed by atoms with Crippen LogP contribution >= 0.6 is 0 Å². The van der Waals surface area contributed by atoms with Gasteiger partial charge < -0.3 is 14.6 Å². The van der Waals surface area contributed by atoms with Crippen LogP contribution in [0.3, 0.4) is 0 Å². The third kappa shape index (κ3) is 4.68. The van der Waals surface area contributed by atoms with Crippen LogP contribution in [0.5, 0.6) is 0 Å². The molecule has 0 aliphatic carbocycles. The number of hydrogen-bond acceptors (Lipinski definition) is 3. The van der Waals surface area contributed by atoms with Gasteiger partial charge in [-0.15, -0.1) is 0 Å². The average molecular weight is 366 g/mol. The summed E-state index contributed by atoms with van der Waals surface area (Å²) in [5.41, 5.74) is 0.730. The predicted molar refractivity (Wildman–Crippen MR) is 96.0 cm³/mol. The molecule has 0 saturated carbocycles. The molecule has 1 aliphatic rings. The monoisotopic (exact) mass is 366 g/mol. The fourth-order valence-corrected chi connectivity index (χ4v) is 3.30. The lowest BCUT2D eigenvalue weighted by Crippen LogP contribution is -2.42. The van der Waals surface area contributed by atoms with E-state index in [1.54, 1.807) is 12.1 Å². The Morgan fingerprint density at radius 3 is 2.38 bits per heavy atom. The van der Waals surface area contributed by atoms with Crippen LogP contribution in [0.2, 0.25) is 0 Å². The van der Waals surface area contributed by atoms with Crippen LogP contribution in [-0.2, 0) is 6.54 Å². The van der Waals surface area contributed by atoms with E-state index in [0.29, 0.717) is 18.3 Å². The van der Waals surface area contributed by atoms with Crippen molar-refractivity contribution in [3.63, 3.8) is 0 Å². The number of furan rings is 1. The molecular weight excluding hydrogens is 341 g/mol. The van der Waals surface area contributed by atoms with Gasteiger partial charge in [0.25, 0.3) is 6.43 Å². The molecule has 1 atom stereocenters. The van der Waals surface area contributed by atoms with Crippen molar-refractivity contribution in [2.24, 2.45) is 0 Å². The van der Waals surface area contributed by atoms with Gasteiger partial charge in [0, 0.05) is 11.6 Å². The number of halogens is 3. The topological polar surface area (TPSA) is 28.4 Å². The van der Waals surface area contributed by atoms with Gasteiger partial charge in [-0.1, -0.05) is 31.2 Å². The first-order valence-electron chi connectivity index (χ1n) is 9.14. The molecule has 142 valence electrons. The summed E-state index contributed by atoms with van der Waals surface area (Å²) in [5, 5.41) is 3.53. The van der Waals surface area contributed by atoms with Crippen molar-refractivity contribution in [1.29, 1.82) is 0 Å². The normalized spacial score (nSPS) is 17.7. The number of hydrogen-bond donors (Lipinski definition) is 1. The smallest absolute Gasteiger partial charge is 0.273 e. The predicted octanol–water partition coefficient (Wildman–Crippen LogP) is 4.80. The molecule has 1 saturated heterocycles. The van der Waals surface area contributed by atoms with Gasteiger partial charge in [0.1, 0.15) is 11.5 Å². The van der Waals surface area contributed by atoms with E-state index in [4.69, 9.17) is 4.42 Å². The summed E-state index contributed by atoms with van der Waals surface area (Å²) in [6.07, 6.45) is -2.99. The number of nitrogens with one attached hydrogen (secondary N) is 1. The molecule has 26 heavy (non-hydrogen) atoms. The minimum absolute atomic E-state index is 0.0179. The minimum Gasteiger partial charge on any atom is -0.460 e. The van der Waals surface area contributed by atoms with Crippen molar-refractivity contribution < 1.29 is 17.6 Å². The van der Waals surface area contributed by atoms with Crippen LogP contribution in [0, 0.1) is 0 Å². The van der Waals surface area contributed by atoms with Gasteiger partial charge in [0.2, 0.25) is 0 Å². The van der Waals surface area contributed by atoms with Gasteiger partial charge in [0.15, 0.2) is 6.17 Å². The summed E-state index contributed by atoms with van der Waals surface area (Å²) in [7, 11) is 0. The molecule has 0 amide bonds. The molecule has 1 aromatic heterocycles. The fraction of sp³-hybridized carbons (Fsp3) is 0.500. The van der Waals surface area contributed by atoms with Crippen LogP contribution in [0.15, 0.2) is 40.8 Å². The highest BCUT2D eigenvalue weighted by Gasteiger charge is 2.21. The largest absolute Gasteiger partial charge is 0.460 e. The Balaban J connectivity index is 1.54. The Labute approximate surface area is 152 Å². The van der Waals surface area contributed by atoms with E-state index in [-0.39, 0.29) is 5.56 Å². The molecule has 3 rings (SSSR count). The second-order valence-electron chi connectivity index (χ2n) is 6.71. The Kier molecular flexibility index (Phi) is 6.38. The van der Waals surface area contributed by atoms with Crippen molar-refractivity contribution >= 4 is 0 Å². The first-order valence-corrected chi connectivity index (χ1v) is 9.14. The standard InChI is InChI=1S/C20H25F3N2O/c1-2-25-11-9-16(10-12-25)24-13-17-7-8-18(26-17)14-3-5-15(6-4-14)19(21)20(22)23/h3-8,16,19-20,24H,2,9-13H2,1H3. The Hall–Kier alpha value is -1.79. The van der Waals surface area contributed by atoms with E-state index in [1.165, 1.54) is 12.1 Å². The summed E-state index contributed by atoms with van der Waals surface area (Å²) in [4.78, 5) is 2.45. The number of alkyl halides is 3. The van der Waals surface area contributed by atoms with Crippen molar-refractivity contribution in [3.05, 3.63) is 47.7 Å². The first-order chi connectivity index (χ1) is 12.6. The van der Waals surface area contributed by atoms with E-state index in [0.717, 1.165) is 43.8 Å². The van der Waals surface area contributed by atoms with E-state index < -0.39 is 12.6 Å². The second kappa shape index (κ2) is 8.73. The molecule has 1 aliphatic heterocycles. The number of rotatable bonds is 7. The zero-order chi connectivity index (χ0) is 18.5. The zero-order valence-electron chi connectivity index (χ0n) is 14.9. The molecule has 0 spiro atoms. The molecule has 1 N–H and O–H groups in total. The van der Waals surface area contributed by atoms with Gasteiger partial charge in [-0.2, -0.15) is 0 Å². The van der Waals surface area contributed by atoms with Crippen LogP contribution in [0.1, 0.15) is 37.3 Å². The summed E-state index contributed by atoms with van der Waals surface area (Å²) in [6.45, 7) is 6.20. The van der Waals surface area contributed by atoms with Crippen molar-refractivity contribution in [1.82, 2.24) is 10.2 Å². The minimum atomic E-state index is -3.01. The summed E-state index contributed by atoms with van der Waals surface area (Å²) >= 11 is 0. The molecule has 3 nitrogen and oxygen atoms in total. The Morgan fingerprint density at radius 1 is 1.08 bits per heavy atom. The summed E-state index contributed by atoms with van der Waals surface area (Å²) in [6, 6.07) is 10.3. The quantitative estimate of drug-likeness (QED) is 0.763. The van der Waals surface area contributed by atoms with Crippen molar-refractivity contribution in [2.45, 2.75) is 44.9 Å². The highest BCUT2D eigenvalue weighted by atomic mass is 19.3. The molecule has 2 aromatic rings. The van der Waals surface area contributed by atoms with Crippen LogP contribution in [0.25, 0.3) is 11.3 Å². The van der Waals surface area contributed by atoms with Crippen LogP contribution in [0.4, 0.5) is 13.2 Å². The maximum Gasteiger partial charge on any atom is 0.273 e. The summed E-state index contributed by atoms with van der Waals surface area (Å²) in [5.74, 6) is 1.49. The van der Waals surface area contributed by atoms with Gasteiger partial charge in [-0.3, -0.25) is 0 Å². The second-order valence-corrected chi connectivity index (χ2v) is 6.71. The molecular formula is C20H25F3N2O. The van der Waals surface area contributed by atoms with Gasteiger partial charge in [0.05, 0.1) is 6.54 Å². The molecule has 0 radical (unpaired) electrons. The van der Waals surface area contributed by atoms with Crippen LogP contribution in [-0.4, -0.2) is 37.0 Å². The van der Waals surface area contributed by atoms with E-state index in [1.807, 2.05) is 12.1 Å². The van der Waals surface area contributed by atoms with Gasteiger partial charge in [-0.25, -0.2) is 13.2 Å². The Morgan fingerprint density at radius 2 is 1.77 bits per heavy atom. The lowest BCUT2D eigenvalue weighted by Gasteiger charge is -2.31. The van der Waals surface area contributed by atoms with Crippen LogP contribution < -0.4 is 5.32 Å². The third-order valence-corrected chi connectivity index (χ3v) is 5.00. The molecule has 6 heteroatoms. The lowest BCUT2D eigenvalue weighted by molar-refractivity contribution is 0.0496. The number of benzene rings is 1. The van der Waals surface area contributed by atoms with E-state index in [2.05, 4.69) is 17.1 Å². The van der Waals surface area contributed by atoms with Crippen molar-refractivity contribution in [3.8, 4) is 11.3 Å². The molecule has 2 heterocycles. The van der Waals surface area contributed by atoms with Gasteiger partial charge in [-0.05, 0) is 50.2 Å². The van der Waals surface area contributed by atoms with Crippen molar-refractivity contribution in [2.75, 3.05) is 19.6 Å². The maximum absolute atomic E-state index is 13.3. The lowest BCUT2D eigenvalue weighted by atomic mass is 10.1. The number of nitrogens with zero attached hydrogens (tertiary/aromatic N) is 1. The highest BCUT2D eigenvalue weighted by molar-refractivity contribution is 5.58. The molecule has 1 unspecified atom stereocenters. The summed E-state index contributed by atoms with van der Waals surface area (Å²) < 4.78 is 44.0. The highest BCUT2D eigenvalue weighted by Crippen LogP contribution is 2.28. The number of likely N-dealkylation sites (tertiary alicyclic amines) is 1. The average Bonchev–Trinajstić information content (AvgIpc) is 3.15. The Bertz CT molecular complexity index is 679. The zero-order valence-corrected chi connectivity index (χ0v) is 14.9. The number of piperidine rings is 1. The SMILES string of the molecule is CCN1CCC(NCc2ccc(-c3ccc(C(F)C(F)F)cc3)o2)CC1.